The first-order chi connectivity index (χ1) is 9.75. The molecule has 1 amide bonds. The van der Waals surface area contributed by atoms with Crippen molar-refractivity contribution in [2.24, 2.45) is 11.8 Å². The van der Waals surface area contributed by atoms with E-state index in [1.54, 1.807) is 0 Å². The van der Waals surface area contributed by atoms with Gasteiger partial charge in [0.15, 0.2) is 0 Å². The first kappa shape index (κ1) is 18.7. The van der Waals surface area contributed by atoms with Crippen LogP contribution in [0.25, 0.3) is 0 Å². The van der Waals surface area contributed by atoms with Crippen LogP contribution >= 0.6 is 12.4 Å². The first-order valence-corrected chi connectivity index (χ1v) is 8.34. The predicted molar refractivity (Wildman–Crippen MR) is 87.8 cm³/mol. The lowest BCUT2D eigenvalue weighted by Crippen LogP contribution is -2.36. The molecule has 2 N–H and O–H groups in total. The molecule has 1 saturated heterocycles. The molecule has 0 bridgehead atoms. The van der Waals surface area contributed by atoms with Crippen LogP contribution in [-0.4, -0.2) is 38.3 Å². The van der Waals surface area contributed by atoms with Gasteiger partial charge in [0.25, 0.3) is 0 Å². The number of nitrogens with one attached hydrogen (secondary N) is 2. The summed E-state index contributed by atoms with van der Waals surface area (Å²) in [6.45, 7) is 5.72. The highest BCUT2D eigenvalue weighted by atomic mass is 35.5. The van der Waals surface area contributed by atoms with Gasteiger partial charge in [-0.3, -0.25) is 4.79 Å². The second-order valence-corrected chi connectivity index (χ2v) is 6.42. The molecular formula is C16H31ClN2O2. The fourth-order valence-electron chi connectivity index (χ4n) is 3.37. The third-order valence-electron chi connectivity index (χ3n) is 4.73. The van der Waals surface area contributed by atoms with E-state index in [-0.39, 0.29) is 18.3 Å². The maximum Gasteiger partial charge on any atom is 0.220 e. The van der Waals surface area contributed by atoms with Gasteiger partial charge in [-0.15, -0.1) is 12.4 Å². The van der Waals surface area contributed by atoms with Crippen LogP contribution in [0.4, 0.5) is 0 Å². The fourth-order valence-corrected chi connectivity index (χ4v) is 3.37. The normalized spacial score (nSPS) is 24.3. The van der Waals surface area contributed by atoms with Crippen LogP contribution < -0.4 is 10.6 Å². The molecule has 1 aliphatic heterocycles. The average Bonchev–Trinajstić information content (AvgIpc) is 2.98. The quantitative estimate of drug-likeness (QED) is 0.709. The van der Waals surface area contributed by atoms with E-state index in [0.29, 0.717) is 37.5 Å². The Morgan fingerprint density at radius 2 is 2.05 bits per heavy atom. The summed E-state index contributed by atoms with van der Waals surface area (Å²) in [5, 5.41) is 6.41. The van der Waals surface area contributed by atoms with Gasteiger partial charge < -0.3 is 15.4 Å². The molecule has 0 spiro atoms. The van der Waals surface area contributed by atoms with Gasteiger partial charge in [-0.2, -0.15) is 0 Å². The summed E-state index contributed by atoms with van der Waals surface area (Å²) in [5.74, 6) is 1.31. The molecular weight excluding hydrogens is 288 g/mol. The maximum absolute atomic E-state index is 11.9. The summed E-state index contributed by atoms with van der Waals surface area (Å²) >= 11 is 0. The van der Waals surface area contributed by atoms with Gasteiger partial charge in [-0.05, 0) is 50.6 Å². The highest BCUT2D eigenvalue weighted by Gasteiger charge is 2.22. The number of hydrogen-bond donors (Lipinski definition) is 2. The Morgan fingerprint density at radius 1 is 1.29 bits per heavy atom. The Bertz CT molecular complexity index is 290. The topological polar surface area (TPSA) is 50.4 Å². The highest BCUT2D eigenvalue weighted by molar-refractivity contribution is 5.85. The molecule has 5 heteroatoms. The summed E-state index contributed by atoms with van der Waals surface area (Å²) in [6.07, 6.45) is 8.57. The largest absolute Gasteiger partial charge is 0.376 e. The van der Waals surface area contributed by atoms with Gasteiger partial charge in [-0.1, -0.05) is 19.8 Å². The van der Waals surface area contributed by atoms with Crippen LogP contribution in [0.1, 0.15) is 51.9 Å². The second-order valence-electron chi connectivity index (χ2n) is 6.42. The standard InChI is InChI=1S/C16H30N2O2.ClH/c1-13(14-5-4-8-17-12-14)11-16(19)18-9-10-20-15-6-2-3-7-15;/h13-15,17H,2-12H2,1H3,(H,18,19);1H. The Morgan fingerprint density at radius 3 is 2.71 bits per heavy atom. The molecule has 0 radical (unpaired) electrons. The lowest BCUT2D eigenvalue weighted by molar-refractivity contribution is -0.122. The van der Waals surface area contributed by atoms with Crippen LogP contribution in [0.15, 0.2) is 0 Å². The number of amides is 1. The van der Waals surface area contributed by atoms with Gasteiger partial charge >= 0.3 is 0 Å². The van der Waals surface area contributed by atoms with E-state index < -0.39 is 0 Å². The van der Waals surface area contributed by atoms with Crippen molar-refractivity contribution in [1.29, 1.82) is 0 Å². The fraction of sp³-hybridized carbons (Fsp3) is 0.938. The Labute approximate surface area is 135 Å². The molecule has 2 fully saturated rings. The number of carbonyl (C=O) groups excluding carboxylic acids is 1. The van der Waals surface area contributed by atoms with Crippen LogP contribution in [0.2, 0.25) is 0 Å². The van der Waals surface area contributed by atoms with E-state index in [1.807, 2.05) is 0 Å². The van der Waals surface area contributed by atoms with Crippen molar-refractivity contribution >= 4 is 18.3 Å². The van der Waals surface area contributed by atoms with Gasteiger partial charge in [-0.25, -0.2) is 0 Å². The number of rotatable bonds is 7. The van der Waals surface area contributed by atoms with Crippen LogP contribution in [0, 0.1) is 11.8 Å². The van der Waals surface area contributed by atoms with E-state index in [9.17, 15) is 4.79 Å². The van der Waals surface area contributed by atoms with Gasteiger partial charge in [0.2, 0.25) is 5.91 Å². The van der Waals surface area contributed by atoms with E-state index >= 15 is 0 Å². The lowest BCUT2D eigenvalue weighted by Gasteiger charge is -2.28. The molecule has 1 heterocycles. The molecule has 2 rings (SSSR count). The minimum Gasteiger partial charge on any atom is -0.376 e. The summed E-state index contributed by atoms with van der Waals surface area (Å²) in [4.78, 5) is 11.9. The maximum atomic E-state index is 11.9. The molecule has 2 aliphatic rings. The van der Waals surface area contributed by atoms with Crippen molar-refractivity contribution in [3.63, 3.8) is 0 Å². The molecule has 124 valence electrons. The van der Waals surface area contributed by atoms with Crippen molar-refractivity contribution in [3.05, 3.63) is 0 Å². The number of halogens is 1. The zero-order valence-electron chi connectivity index (χ0n) is 13.2. The zero-order chi connectivity index (χ0) is 14.2. The third kappa shape index (κ3) is 6.98. The van der Waals surface area contributed by atoms with Crippen molar-refractivity contribution in [2.75, 3.05) is 26.2 Å². The van der Waals surface area contributed by atoms with Crippen molar-refractivity contribution in [2.45, 2.75) is 58.0 Å². The Hall–Kier alpha value is -0.320. The predicted octanol–water partition coefficient (Wildman–Crippen LogP) is 2.51. The van der Waals surface area contributed by atoms with Crippen molar-refractivity contribution < 1.29 is 9.53 Å². The zero-order valence-corrected chi connectivity index (χ0v) is 14.1. The van der Waals surface area contributed by atoms with E-state index in [2.05, 4.69) is 17.6 Å². The minimum absolute atomic E-state index is 0. The summed E-state index contributed by atoms with van der Waals surface area (Å²) in [7, 11) is 0. The summed E-state index contributed by atoms with van der Waals surface area (Å²) in [6, 6.07) is 0. The van der Waals surface area contributed by atoms with Crippen LogP contribution in [0.5, 0.6) is 0 Å². The molecule has 21 heavy (non-hydrogen) atoms. The molecule has 2 atom stereocenters. The number of piperidine rings is 1. The van der Waals surface area contributed by atoms with Gasteiger partial charge in [0.1, 0.15) is 0 Å². The van der Waals surface area contributed by atoms with Crippen molar-refractivity contribution in [3.8, 4) is 0 Å². The SMILES string of the molecule is CC(CC(=O)NCCOC1CCCC1)C1CCCNC1.Cl. The van der Waals surface area contributed by atoms with E-state index in [1.165, 1.54) is 38.5 Å². The van der Waals surface area contributed by atoms with E-state index in [4.69, 9.17) is 4.74 Å². The number of ether oxygens (including phenoxy) is 1. The van der Waals surface area contributed by atoms with Crippen LogP contribution in [0.3, 0.4) is 0 Å². The Kier molecular flexibility index (Phi) is 9.29. The molecule has 0 aromatic carbocycles. The third-order valence-corrected chi connectivity index (χ3v) is 4.73. The summed E-state index contributed by atoms with van der Waals surface area (Å²) < 4.78 is 5.75. The minimum atomic E-state index is 0. The number of hydrogen-bond acceptors (Lipinski definition) is 3. The molecule has 1 aliphatic carbocycles. The average molecular weight is 319 g/mol. The summed E-state index contributed by atoms with van der Waals surface area (Å²) in [5.41, 5.74) is 0. The number of carbonyl (C=O) groups is 1. The monoisotopic (exact) mass is 318 g/mol. The van der Waals surface area contributed by atoms with Crippen molar-refractivity contribution in [1.82, 2.24) is 10.6 Å². The second kappa shape index (κ2) is 10.4. The van der Waals surface area contributed by atoms with Gasteiger partial charge in [0.05, 0.1) is 12.7 Å². The first-order valence-electron chi connectivity index (χ1n) is 8.34. The van der Waals surface area contributed by atoms with Crippen LogP contribution in [-0.2, 0) is 9.53 Å². The molecule has 2 unspecified atom stereocenters. The Balaban J connectivity index is 0.00000220. The molecule has 1 saturated carbocycles. The molecule has 0 aromatic rings. The molecule has 4 nitrogen and oxygen atoms in total. The smallest absolute Gasteiger partial charge is 0.220 e. The van der Waals surface area contributed by atoms with Gasteiger partial charge in [0, 0.05) is 13.0 Å². The highest BCUT2D eigenvalue weighted by Crippen LogP contribution is 2.22. The lowest BCUT2D eigenvalue weighted by atomic mass is 9.85. The van der Waals surface area contributed by atoms with E-state index in [0.717, 1.165) is 13.1 Å². The molecule has 0 aromatic heterocycles.